The SMILES string of the molecule is O=C1C(=O)N(CCCCO)c2cc(F)cc(F)c21. The molecule has 1 heterocycles. The third-order valence-electron chi connectivity index (χ3n) is 2.78. The van der Waals surface area contributed by atoms with Gasteiger partial charge in [-0.15, -0.1) is 0 Å². The first-order valence-corrected chi connectivity index (χ1v) is 5.52. The first-order chi connectivity index (χ1) is 8.56. The molecule has 4 nitrogen and oxygen atoms in total. The molecular weight excluding hydrogens is 244 g/mol. The van der Waals surface area contributed by atoms with Crippen LogP contribution in [-0.2, 0) is 4.79 Å². The zero-order chi connectivity index (χ0) is 13.3. The summed E-state index contributed by atoms with van der Waals surface area (Å²) in [7, 11) is 0. The molecule has 0 radical (unpaired) electrons. The van der Waals surface area contributed by atoms with Gasteiger partial charge >= 0.3 is 0 Å². The van der Waals surface area contributed by atoms with Crippen molar-refractivity contribution in [3.05, 3.63) is 29.3 Å². The number of nitrogens with zero attached hydrogens (tertiary/aromatic N) is 1. The smallest absolute Gasteiger partial charge is 0.299 e. The molecule has 18 heavy (non-hydrogen) atoms. The van der Waals surface area contributed by atoms with Crippen molar-refractivity contribution < 1.29 is 23.5 Å². The molecule has 0 aliphatic carbocycles. The summed E-state index contributed by atoms with van der Waals surface area (Å²) in [5, 5.41) is 8.65. The van der Waals surface area contributed by atoms with E-state index in [0.29, 0.717) is 18.9 Å². The van der Waals surface area contributed by atoms with Crippen molar-refractivity contribution in [3.63, 3.8) is 0 Å². The number of carbonyl (C=O) groups is 2. The Bertz CT molecular complexity index is 516. The number of unbranched alkanes of at least 4 members (excludes halogenated alkanes) is 1. The van der Waals surface area contributed by atoms with Crippen LogP contribution >= 0.6 is 0 Å². The largest absolute Gasteiger partial charge is 0.396 e. The lowest BCUT2D eigenvalue weighted by Gasteiger charge is -2.15. The standard InChI is InChI=1S/C12H11F2NO3/c13-7-5-8(14)10-9(6-7)15(3-1-2-4-16)12(18)11(10)17/h5-6,16H,1-4H2. The van der Waals surface area contributed by atoms with Gasteiger partial charge in [-0.3, -0.25) is 9.59 Å². The van der Waals surface area contributed by atoms with E-state index in [4.69, 9.17) is 5.11 Å². The molecule has 1 aromatic rings. The molecule has 1 aromatic carbocycles. The normalized spacial score (nSPS) is 14.3. The van der Waals surface area contributed by atoms with E-state index in [-0.39, 0.29) is 24.4 Å². The number of benzene rings is 1. The molecule has 0 saturated carbocycles. The zero-order valence-electron chi connectivity index (χ0n) is 9.45. The van der Waals surface area contributed by atoms with Gasteiger partial charge in [0.15, 0.2) is 0 Å². The van der Waals surface area contributed by atoms with Crippen molar-refractivity contribution in [1.29, 1.82) is 0 Å². The highest BCUT2D eigenvalue weighted by atomic mass is 19.1. The lowest BCUT2D eigenvalue weighted by atomic mass is 10.1. The second-order valence-electron chi connectivity index (χ2n) is 4.00. The number of amides is 1. The molecule has 0 bridgehead atoms. The Morgan fingerprint density at radius 2 is 1.89 bits per heavy atom. The quantitative estimate of drug-likeness (QED) is 0.651. The van der Waals surface area contributed by atoms with Crippen molar-refractivity contribution in [2.24, 2.45) is 0 Å². The highest BCUT2D eigenvalue weighted by Crippen LogP contribution is 2.32. The summed E-state index contributed by atoms with van der Waals surface area (Å²) in [5.74, 6) is -3.66. The van der Waals surface area contributed by atoms with E-state index >= 15 is 0 Å². The third kappa shape index (κ3) is 1.99. The van der Waals surface area contributed by atoms with Gasteiger partial charge in [-0.1, -0.05) is 0 Å². The molecule has 0 fully saturated rings. The Hall–Kier alpha value is -1.82. The number of aliphatic hydroxyl groups is 1. The minimum absolute atomic E-state index is 0.0274. The highest BCUT2D eigenvalue weighted by Gasteiger charge is 2.38. The number of hydrogen-bond acceptors (Lipinski definition) is 3. The number of anilines is 1. The van der Waals surface area contributed by atoms with Crippen LogP contribution < -0.4 is 4.90 Å². The molecule has 1 N–H and O–H groups in total. The fraction of sp³-hybridized carbons (Fsp3) is 0.333. The van der Waals surface area contributed by atoms with Crippen LogP contribution in [0.5, 0.6) is 0 Å². The first-order valence-electron chi connectivity index (χ1n) is 5.52. The molecule has 96 valence electrons. The number of rotatable bonds is 4. The van der Waals surface area contributed by atoms with Gasteiger partial charge in [-0.25, -0.2) is 8.78 Å². The van der Waals surface area contributed by atoms with E-state index in [2.05, 4.69) is 0 Å². The van der Waals surface area contributed by atoms with Gasteiger partial charge in [0, 0.05) is 19.2 Å². The monoisotopic (exact) mass is 255 g/mol. The molecule has 0 saturated heterocycles. The maximum absolute atomic E-state index is 13.5. The Labute approximate surface area is 102 Å². The second kappa shape index (κ2) is 4.81. The summed E-state index contributed by atoms with van der Waals surface area (Å²) < 4.78 is 26.6. The molecule has 6 heteroatoms. The topological polar surface area (TPSA) is 57.6 Å². The maximum atomic E-state index is 13.5. The molecule has 1 aliphatic rings. The van der Waals surface area contributed by atoms with Gasteiger partial charge in [0.05, 0.1) is 11.3 Å². The Kier molecular flexibility index (Phi) is 3.38. The summed E-state index contributed by atoms with van der Waals surface area (Å²) >= 11 is 0. The van der Waals surface area contributed by atoms with Gasteiger partial charge in [0.1, 0.15) is 11.6 Å². The number of halogens is 2. The van der Waals surface area contributed by atoms with Crippen LogP contribution in [0.15, 0.2) is 12.1 Å². The third-order valence-corrected chi connectivity index (χ3v) is 2.78. The van der Waals surface area contributed by atoms with Gasteiger partial charge in [0.25, 0.3) is 11.7 Å². The summed E-state index contributed by atoms with van der Waals surface area (Å²) in [5.41, 5.74) is -0.397. The second-order valence-corrected chi connectivity index (χ2v) is 4.00. The van der Waals surface area contributed by atoms with Crippen LogP contribution in [0.2, 0.25) is 0 Å². The number of ketones is 1. The molecule has 2 rings (SSSR count). The van der Waals surface area contributed by atoms with Crippen LogP contribution in [0.25, 0.3) is 0 Å². The summed E-state index contributed by atoms with van der Waals surface area (Å²) in [6.07, 6.45) is 0.901. The lowest BCUT2D eigenvalue weighted by Crippen LogP contribution is -2.30. The molecule has 0 aromatic heterocycles. The highest BCUT2D eigenvalue weighted by molar-refractivity contribution is 6.52. The van der Waals surface area contributed by atoms with Crippen LogP contribution in [0.1, 0.15) is 23.2 Å². The summed E-state index contributed by atoms with van der Waals surface area (Å²) in [6.45, 7) is 0.112. The Morgan fingerprint density at radius 3 is 2.56 bits per heavy atom. The van der Waals surface area contributed by atoms with Crippen LogP contribution in [-0.4, -0.2) is 29.9 Å². The van der Waals surface area contributed by atoms with Crippen molar-refractivity contribution in [2.45, 2.75) is 12.8 Å². The number of aliphatic hydroxyl groups excluding tert-OH is 1. The molecule has 0 unspecified atom stereocenters. The lowest BCUT2D eigenvalue weighted by molar-refractivity contribution is -0.114. The average Bonchev–Trinajstić information content (AvgIpc) is 2.54. The molecule has 1 amide bonds. The first kappa shape index (κ1) is 12.6. The number of carbonyl (C=O) groups excluding carboxylic acids is 2. The predicted molar refractivity (Wildman–Crippen MR) is 59.4 cm³/mol. The zero-order valence-corrected chi connectivity index (χ0v) is 9.45. The van der Waals surface area contributed by atoms with E-state index in [1.165, 1.54) is 0 Å². The van der Waals surface area contributed by atoms with E-state index in [0.717, 1.165) is 11.0 Å². The van der Waals surface area contributed by atoms with E-state index < -0.39 is 23.3 Å². The Balaban J connectivity index is 2.35. The molecule has 0 atom stereocenters. The average molecular weight is 255 g/mol. The van der Waals surface area contributed by atoms with Crippen molar-refractivity contribution >= 4 is 17.4 Å². The van der Waals surface area contributed by atoms with Crippen molar-refractivity contribution in [2.75, 3.05) is 18.1 Å². The molecular formula is C12H11F2NO3. The van der Waals surface area contributed by atoms with E-state index in [1.807, 2.05) is 0 Å². The summed E-state index contributed by atoms with van der Waals surface area (Å²) in [4.78, 5) is 24.3. The van der Waals surface area contributed by atoms with Gasteiger partial charge in [-0.05, 0) is 18.9 Å². The number of hydrogen-bond donors (Lipinski definition) is 1. The minimum Gasteiger partial charge on any atom is -0.396 e. The molecule has 0 spiro atoms. The van der Waals surface area contributed by atoms with E-state index in [9.17, 15) is 18.4 Å². The fourth-order valence-corrected chi connectivity index (χ4v) is 1.94. The van der Waals surface area contributed by atoms with E-state index in [1.54, 1.807) is 0 Å². The van der Waals surface area contributed by atoms with Crippen molar-refractivity contribution in [3.8, 4) is 0 Å². The van der Waals surface area contributed by atoms with Gasteiger partial charge in [-0.2, -0.15) is 0 Å². The predicted octanol–water partition coefficient (Wildman–Crippen LogP) is 1.27. The molecule has 1 aliphatic heterocycles. The van der Waals surface area contributed by atoms with Crippen LogP contribution in [0.4, 0.5) is 14.5 Å². The van der Waals surface area contributed by atoms with Crippen LogP contribution in [0, 0.1) is 11.6 Å². The number of Topliss-reactive ketones (excluding diaryl/α,β-unsaturated/α-hetero) is 1. The fourth-order valence-electron chi connectivity index (χ4n) is 1.94. The Morgan fingerprint density at radius 1 is 1.17 bits per heavy atom. The summed E-state index contributed by atoms with van der Waals surface area (Å²) in [6, 6.07) is 1.56. The van der Waals surface area contributed by atoms with Gasteiger partial charge in [0.2, 0.25) is 0 Å². The number of fused-ring (bicyclic) bond motifs is 1. The minimum atomic E-state index is -1.02. The van der Waals surface area contributed by atoms with Crippen molar-refractivity contribution in [1.82, 2.24) is 0 Å². The van der Waals surface area contributed by atoms with Crippen LogP contribution in [0.3, 0.4) is 0 Å². The maximum Gasteiger partial charge on any atom is 0.299 e. The van der Waals surface area contributed by atoms with Gasteiger partial charge < -0.3 is 10.0 Å².